The van der Waals surface area contributed by atoms with Gasteiger partial charge in [0.05, 0.1) is 5.69 Å². The highest BCUT2D eigenvalue weighted by atomic mass is 16.5. The van der Waals surface area contributed by atoms with Crippen LogP contribution >= 0.6 is 0 Å². The summed E-state index contributed by atoms with van der Waals surface area (Å²) < 4.78 is 11.5. The third-order valence-electron chi connectivity index (χ3n) is 3.31. The Morgan fingerprint density at radius 2 is 1.62 bits per heavy atom. The molecule has 0 heterocycles. The molecular formula is C18H23NO2. The monoisotopic (exact) mass is 285 g/mol. The van der Waals surface area contributed by atoms with Crippen molar-refractivity contribution in [2.75, 3.05) is 18.9 Å². The lowest BCUT2D eigenvalue weighted by molar-refractivity contribution is 0.216. The van der Waals surface area contributed by atoms with Gasteiger partial charge in [0.25, 0.3) is 0 Å². The predicted molar refractivity (Wildman–Crippen MR) is 87.1 cm³/mol. The summed E-state index contributed by atoms with van der Waals surface area (Å²) in [5, 5.41) is 0. The molecule has 0 spiro atoms. The summed E-state index contributed by atoms with van der Waals surface area (Å²) in [4.78, 5) is 0. The van der Waals surface area contributed by atoms with Gasteiger partial charge in [-0.05, 0) is 42.2 Å². The molecule has 0 unspecified atom stereocenters. The number of benzene rings is 2. The highest BCUT2D eigenvalue weighted by molar-refractivity contribution is 5.53. The maximum atomic E-state index is 5.88. The van der Waals surface area contributed by atoms with Gasteiger partial charge in [0, 0.05) is 0 Å². The molecule has 0 saturated carbocycles. The van der Waals surface area contributed by atoms with E-state index in [-0.39, 0.29) is 0 Å². The first-order valence-corrected chi connectivity index (χ1v) is 7.28. The van der Waals surface area contributed by atoms with Crippen molar-refractivity contribution in [1.82, 2.24) is 0 Å². The molecule has 0 amide bonds. The molecule has 0 saturated heterocycles. The van der Waals surface area contributed by atoms with E-state index in [9.17, 15) is 0 Å². The number of nitrogens with two attached hydrogens (primary N) is 1. The molecule has 0 aromatic heterocycles. The van der Waals surface area contributed by atoms with Crippen molar-refractivity contribution in [1.29, 1.82) is 0 Å². The molecule has 0 bridgehead atoms. The molecule has 0 atom stereocenters. The number of anilines is 1. The van der Waals surface area contributed by atoms with Crippen molar-refractivity contribution in [2.24, 2.45) is 0 Å². The summed E-state index contributed by atoms with van der Waals surface area (Å²) in [5.74, 6) is 2.08. The van der Waals surface area contributed by atoms with E-state index >= 15 is 0 Å². The highest BCUT2D eigenvalue weighted by Gasteiger charge is 2.07. The Balaban J connectivity index is 1.89. The van der Waals surface area contributed by atoms with Crippen LogP contribution in [0.4, 0.5) is 5.69 Å². The fraction of sp³-hybridized carbons (Fsp3) is 0.333. The van der Waals surface area contributed by atoms with Gasteiger partial charge >= 0.3 is 0 Å². The molecule has 3 nitrogen and oxygen atoms in total. The zero-order valence-electron chi connectivity index (χ0n) is 12.9. The summed E-state index contributed by atoms with van der Waals surface area (Å²) in [5.41, 5.74) is 8.88. The number of nitrogen functional groups attached to an aromatic ring is 1. The summed E-state index contributed by atoms with van der Waals surface area (Å²) in [7, 11) is 0. The maximum absolute atomic E-state index is 5.88. The largest absolute Gasteiger partial charge is 0.490 e. The smallest absolute Gasteiger partial charge is 0.142 e. The van der Waals surface area contributed by atoms with Crippen molar-refractivity contribution in [3.8, 4) is 11.5 Å². The van der Waals surface area contributed by atoms with E-state index in [2.05, 4.69) is 19.9 Å². The number of aryl methyl sites for hydroxylation is 1. The van der Waals surface area contributed by atoms with E-state index in [1.807, 2.05) is 43.3 Å². The first-order valence-electron chi connectivity index (χ1n) is 7.28. The van der Waals surface area contributed by atoms with E-state index in [4.69, 9.17) is 15.2 Å². The summed E-state index contributed by atoms with van der Waals surface area (Å²) in [6, 6.07) is 13.9. The molecule has 21 heavy (non-hydrogen) atoms. The van der Waals surface area contributed by atoms with Crippen LogP contribution in [-0.4, -0.2) is 13.2 Å². The van der Waals surface area contributed by atoms with Gasteiger partial charge in [-0.3, -0.25) is 0 Å². The number of rotatable bonds is 6. The molecule has 2 rings (SSSR count). The molecule has 0 aliphatic heterocycles. The third kappa shape index (κ3) is 4.15. The molecule has 0 aliphatic carbocycles. The Kier molecular flexibility index (Phi) is 5.09. The second-order valence-electron chi connectivity index (χ2n) is 5.43. The van der Waals surface area contributed by atoms with Crippen LogP contribution in [0.1, 0.15) is 30.9 Å². The maximum Gasteiger partial charge on any atom is 0.142 e. The fourth-order valence-electron chi connectivity index (χ4n) is 2.16. The third-order valence-corrected chi connectivity index (χ3v) is 3.31. The molecular weight excluding hydrogens is 262 g/mol. The molecule has 0 fully saturated rings. The molecule has 3 heteroatoms. The van der Waals surface area contributed by atoms with E-state index in [0.29, 0.717) is 24.8 Å². The first kappa shape index (κ1) is 15.2. The second kappa shape index (κ2) is 7.02. The summed E-state index contributed by atoms with van der Waals surface area (Å²) >= 11 is 0. The predicted octanol–water partition coefficient (Wildman–Crippen LogP) is 4.16. The topological polar surface area (TPSA) is 44.5 Å². The van der Waals surface area contributed by atoms with Crippen molar-refractivity contribution in [2.45, 2.75) is 26.7 Å². The van der Waals surface area contributed by atoms with Crippen LogP contribution < -0.4 is 15.2 Å². The van der Waals surface area contributed by atoms with Crippen molar-refractivity contribution in [3.05, 3.63) is 53.6 Å². The van der Waals surface area contributed by atoms with Crippen LogP contribution in [0.5, 0.6) is 11.5 Å². The number of para-hydroxylation sites is 1. The zero-order chi connectivity index (χ0) is 15.2. The van der Waals surface area contributed by atoms with Crippen molar-refractivity contribution in [3.63, 3.8) is 0 Å². The SMILES string of the molecule is Cc1ccc(N)c(OCCOc2ccccc2C(C)C)c1. The summed E-state index contributed by atoms with van der Waals surface area (Å²) in [6.45, 7) is 7.30. The quantitative estimate of drug-likeness (QED) is 0.640. The van der Waals surface area contributed by atoms with Crippen molar-refractivity contribution >= 4 is 5.69 Å². The van der Waals surface area contributed by atoms with Gasteiger partial charge in [-0.15, -0.1) is 0 Å². The van der Waals surface area contributed by atoms with Crippen LogP contribution in [0, 0.1) is 6.92 Å². The van der Waals surface area contributed by atoms with E-state index in [1.165, 1.54) is 5.56 Å². The Bertz CT molecular complexity index is 594. The average molecular weight is 285 g/mol. The minimum absolute atomic E-state index is 0.439. The van der Waals surface area contributed by atoms with Crippen LogP contribution in [0.25, 0.3) is 0 Å². The number of ether oxygens (including phenoxy) is 2. The van der Waals surface area contributed by atoms with Gasteiger partial charge in [-0.25, -0.2) is 0 Å². The van der Waals surface area contributed by atoms with Gasteiger partial charge in [0.2, 0.25) is 0 Å². The highest BCUT2D eigenvalue weighted by Crippen LogP contribution is 2.26. The molecule has 112 valence electrons. The normalized spacial score (nSPS) is 10.7. The van der Waals surface area contributed by atoms with E-state index < -0.39 is 0 Å². The van der Waals surface area contributed by atoms with Gasteiger partial charge in [-0.1, -0.05) is 38.1 Å². The fourth-order valence-corrected chi connectivity index (χ4v) is 2.16. The molecule has 0 radical (unpaired) electrons. The minimum atomic E-state index is 0.439. The Morgan fingerprint density at radius 1 is 0.952 bits per heavy atom. The van der Waals surface area contributed by atoms with Crippen LogP contribution in [0.15, 0.2) is 42.5 Å². The van der Waals surface area contributed by atoms with Crippen LogP contribution in [0.3, 0.4) is 0 Å². The first-order chi connectivity index (χ1) is 10.1. The second-order valence-corrected chi connectivity index (χ2v) is 5.43. The molecule has 0 aliphatic rings. The van der Waals surface area contributed by atoms with Crippen LogP contribution in [-0.2, 0) is 0 Å². The van der Waals surface area contributed by atoms with Crippen LogP contribution in [0.2, 0.25) is 0 Å². The standard InChI is InChI=1S/C18H23NO2/c1-13(2)15-6-4-5-7-17(15)20-10-11-21-18-12-14(3)8-9-16(18)19/h4-9,12-13H,10-11,19H2,1-3H3. The molecule has 2 aromatic carbocycles. The Morgan fingerprint density at radius 3 is 2.33 bits per heavy atom. The van der Waals surface area contributed by atoms with E-state index in [1.54, 1.807) is 0 Å². The summed E-state index contributed by atoms with van der Waals surface area (Å²) in [6.07, 6.45) is 0. The van der Waals surface area contributed by atoms with Gasteiger partial charge < -0.3 is 15.2 Å². The Hall–Kier alpha value is -2.16. The van der Waals surface area contributed by atoms with Crippen molar-refractivity contribution < 1.29 is 9.47 Å². The number of hydrogen-bond donors (Lipinski definition) is 1. The lowest BCUT2D eigenvalue weighted by Gasteiger charge is -2.14. The minimum Gasteiger partial charge on any atom is -0.490 e. The number of hydrogen-bond acceptors (Lipinski definition) is 3. The lowest BCUT2D eigenvalue weighted by atomic mass is 10.0. The van der Waals surface area contributed by atoms with Gasteiger partial charge in [0.1, 0.15) is 24.7 Å². The lowest BCUT2D eigenvalue weighted by Crippen LogP contribution is -2.11. The molecule has 2 aromatic rings. The van der Waals surface area contributed by atoms with Gasteiger partial charge in [0.15, 0.2) is 0 Å². The van der Waals surface area contributed by atoms with Gasteiger partial charge in [-0.2, -0.15) is 0 Å². The molecule has 2 N–H and O–H groups in total. The average Bonchev–Trinajstić information content (AvgIpc) is 2.47. The zero-order valence-corrected chi connectivity index (χ0v) is 12.9. The Labute approximate surface area is 126 Å². The van der Waals surface area contributed by atoms with E-state index in [0.717, 1.165) is 17.1 Å².